The summed E-state index contributed by atoms with van der Waals surface area (Å²) >= 11 is 0. The zero-order chi connectivity index (χ0) is 12.1. The highest BCUT2D eigenvalue weighted by Gasteiger charge is 2.19. The molecule has 0 aromatic carbocycles. The molecule has 0 saturated heterocycles. The molecule has 3 heteroatoms. The second-order valence-corrected chi connectivity index (χ2v) is 4.51. The van der Waals surface area contributed by atoms with Gasteiger partial charge in [0.05, 0.1) is 0 Å². The minimum absolute atomic E-state index is 0.752. The largest absolute Gasteiger partial charge is 0.353 e. The van der Waals surface area contributed by atoms with Crippen LogP contribution >= 0.6 is 0 Å². The summed E-state index contributed by atoms with van der Waals surface area (Å²) in [5.74, 6) is 1.03. The van der Waals surface area contributed by atoms with E-state index in [1.54, 1.807) is 0 Å². The minimum Gasteiger partial charge on any atom is -0.353 e. The molecule has 0 amide bonds. The number of hydrogen-bond donors (Lipinski definition) is 1. The van der Waals surface area contributed by atoms with Crippen molar-refractivity contribution >= 4 is 5.82 Å². The Morgan fingerprint density at radius 1 is 1.53 bits per heavy atom. The van der Waals surface area contributed by atoms with Crippen molar-refractivity contribution < 1.29 is 0 Å². The van der Waals surface area contributed by atoms with E-state index < -0.39 is 0 Å². The van der Waals surface area contributed by atoms with Gasteiger partial charge in [0.15, 0.2) is 0 Å². The number of likely N-dealkylation sites (N-methyl/N-ethyl adjacent to an activating group) is 1. The second-order valence-electron chi connectivity index (χ2n) is 4.51. The molecule has 1 aromatic rings. The molecular weight excluding hydrogens is 210 g/mol. The first-order chi connectivity index (χ1) is 8.33. The Morgan fingerprint density at radius 2 is 2.35 bits per heavy atom. The average molecular weight is 231 g/mol. The number of pyridine rings is 1. The maximum absolute atomic E-state index is 4.50. The SMILES string of the molecule is C=CCN(CC)c1ccc(CNC2CC2)cn1. The van der Waals surface area contributed by atoms with Crippen LogP contribution in [0.5, 0.6) is 0 Å². The summed E-state index contributed by atoms with van der Waals surface area (Å²) in [4.78, 5) is 6.70. The van der Waals surface area contributed by atoms with Crippen molar-refractivity contribution in [2.45, 2.75) is 32.4 Å². The Morgan fingerprint density at radius 3 is 2.88 bits per heavy atom. The first-order valence-electron chi connectivity index (χ1n) is 6.37. The molecule has 17 heavy (non-hydrogen) atoms. The highest BCUT2D eigenvalue weighted by molar-refractivity contribution is 5.39. The quantitative estimate of drug-likeness (QED) is 0.730. The predicted molar refractivity (Wildman–Crippen MR) is 72.2 cm³/mol. The fourth-order valence-corrected chi connectivity index (χ4v) is 1.80. The molecule has 1 saturated carbocycles. The van der Waals surface area contributed by atoms with Gasteiger partial charge < -0.3 is 10.2 Å². The van der Waals surface area contributed by atoms with Crippen LogP contribution in [0.25, 0.3) is 0 Å². The standard InChI is InChI=1S/C14H21N3/c1-3-9-17(4-2)14-8-5-12(11-16-14)10-15-13-6-7-13/h3,5,8,11,13,15H,1,4,6-7,9-10H2,2H3. The van der Waals surface area contributed by atoms with E-state index in [-0.39, 0.29) is 0 Å². The summed E-state index contributed by atoms with van der Waals surface area (Å²) in [6.45, 7) is 8.64. The molecule has 0 atom stereocenters. The van der Waals surface area contributed by atoms with Crippen LogP contribution in [0.15, 0.2) is 31.0 Å². The van der Waals surface area contributed by atoms with Crippen molar-refractivity contribution in [2.75, 3.05) is 18.0 Å². The van der Waals surface area contributed by atoms with E-state index in [9.17, 15) is 0 Å². The summed E-state index contributed by atoms with van der Waals surface area (Å²) in [5, 5.41) is 3.49. The molecule has 1 aromatic heterocycles. The van der Waals surface area contributed by atoms with Gasteiger partial charge in [0, 0.05) is 31.9 Å². The van der Waals surface area contributed by atoms with Gasteiger partial charge in [-0.2, -0.15) is 0 Å². The van der Waals surface area contributed by atoms with Gasteiger partial charge in [-0.15, -0.1) is 6.58 Å². The van der Waals surface area contributed by atoms with E-state index in [4.69, 9.17) is 0 Å². The molecule has 0 spiro atoms. The number of aromatic nitrogens is 1. The first kappa shape index (κ1) is 12.1. The molecule has 92 valence electrons. The van der Waals surface area contributed by atoms with Crippen molar-refractivity contribution in [3.05, 3.63) is 36.5 Å². The summed E-state index contributed by atoms with van der Waals surface area (Å²) in [7, 11) is 0. The third-order valence-corrected chi connectivity index (χ3v) is 3.04. The van der Waals surface area contributed by atoms with E-state index in [1.165, 1.54) is 18.4 Å². The monoisotopic (exact) mass is 231 g/mol. The minimum atomic E-state index is 0.752. The maximum atomic E-state index is 4.50. The smallest absolute Gasteiger partial charge is 0.128 e. The molecule has 1 aliphatic carbocycles. The number of nitrogens with zero attached hydrogens (tertiary/aromatic N) is 2. The normalized spacial score (nSPS) is 14.6. The van der Waals surface area contributed by atoms with Crippen LogP contribution in [0.3, 0.4) is 0 Å². The Kier molecular flexibility index (Phi) is 4.15. The Labute approximate surface area is 104 Å². The zero-order valence-corrected chi connectivity index (χ0v) is 10.5. The van der Waals surface area contributed by atoms with Gasteiger partial charge >= 0.3 is 0 Å². The van der Waals surface area contributed by atoms with E-state index in [0.29, 0.717) is 0 Å². The summed E-state index contributed by atoms with van der Waals surface area (Å²) in [5.41, 5.74) is 1.26. The molecule has 2 rings (SSSR count). The molecule has 1 fully saturated rings. The van der Waals surface area contributed by atoms with Crippen molar-refractivity contribution in [3.63, 3.8) is 0 Å². The lowest BCUT2D eigenvalue weighted by Crippen LogP contribution is -2.23. The van der Waals surface area contributed by atoms with Gasteiger partial charge in [-0.1, -0.05) is 12.1 Å². The lowest BCUT2D eigenvalue weighted by atomic mass is 10.2. The highest BCUT2D eigenvalue weighted by Crippen LogP contribution is 2.19. The van der Waals surface area contributed by atoms with Gasteiger partial charge in [-0.05, 0) is 31.4 Å². The van der Waals surface area contributed by atoms with Crippen LogP contribution in [0, 0.1) is 0 Å². The van der Waals surface area contributed by atoms with Crippen molar-refractivity contribution in [3.8, 4) is 0 Å². The molecule has 1 heterocycles. The molecule has 1 aliphatic rings. The molecule has 1 N–H and O–H groups in total. The summed E-state index contributed by atoms with van der Waals surface area (Å²) in [6, 6.07) is 5.00. The van der Waals surface area contributed by atoms with E-state index in [1.807, 2.05) is 12.3 Å². The topological polar surface area (TPSA) is 28.2 Å². The Bertz CT molecular complexity index is 354. The van der Waals surface area contributed by atoms with Crippen molar-refractivity contribution in [1.29, 1.82) is 0 Å². The molecule has 0 unspecified atom stereocenters. The first-order valence-corrected chi connectivity index (χ1v) is 6.37. The van der Waals surface area contributed by atoms with E-state index in [2.05, 4.69) is 40.8 Å². The molecule has 0 bridgehead atoms. The molecule has 0 radical (unpaired) electrons. The fraction of sp³-hybridized carbons (Fsp3) is 0.500. The van der Waals surface area contributed by atoms with Crippen LogP contribution in [-0.4, -0.2) is 24.1 Å². The van der Waals surface area contributed by atoms with Crippen LogP contribution in [0.1, 0.15) is 25.3 Å². The third kappa shape index (κ3) is 3.56. The van der Waals surface area contributed by atoms with Crippen LogP contribution in [0.4, 0.5) is 5.82 Å². The zero-order valence-electron chi connectivity index (χ0n) is 10.5. The highest BCUT2D eigenvalue weighted by atomic mass is 15.2. The molecular formula is C14H21N3. The van der Waals surface area contributed by atoms with Crippen LogP contribution < -0.4 is 10.2 Å². The summed E-state index contributed by atoms with van der Waals surface area (Å²) in [6.07, 6.45) is 6.53. The second kappa shape index (κ2) is 5.82. The van der Waals surface area contributed by atoms with E-state index in [0.717, 1.165) is 31.5 Å². The number of nitrogens with one attached hydrogen (secondary N) is 1. The molecule has 3 nitrogen and oxygen atoms in total. The third-order valence-electron chi connectivity index (χ3n) is 3.04. The van der Waals surface area contributed by atoms with Gasteiger partial charge in [0.2, 0.25) is 0 Å². The van der Waals surface area contributed by atoms with Gasteiger partial charge in [-0.3, -0.25) is 0 Å². The van der Waals surface area contributed by atoms with Crippen LogP contribution in [0.2, 0.25) is 0 Å². The number of hydrogen-bond acceptors (Lipinski definition) is 3. The van der Waals surface area contributed by atoms with E-state index >= 15 is 0 Å². The lowest BCUT2D eigenvalue weighted by molar-refractivity contribution is 0.685. The maximum Gasteiger partial charge on any atom is 0.128 e. The summed E-state index contributed by atoms with van der Waals surface area (Å²) < 4.78 is 0. The predicted octanol–water partition coefficient (Wildman–Crippen LogP) is 2.35. The van der Waals surface area contributed by atoms with Gasteiger partial charge in [-0.25, -0.2) is 4.98 Å². The van der Waals surface area contributed by atoms with Gasteiger partial charge in [0.1, 0.15) is 5.82 Å². The average Bonchev–Trinajstić information content (AvgIpc) is 3.18. The fourth-order valence-electron chi connectivity index (χ4n) is 1.80. The molecule has 0 aliphatic heterocycles. The lowest BCUT2D eigenvalue weighted by Gasteiger charge is -2.20. The Hall–Kier alpha value is -1.35. The van der Waals surface area contributed by atoms with Crippen molar-refractivity contribution in [1.82, 2.24) is 10.3 Å². The van der Waals surface area contributed by atoms with Gasteiger partial charge in [0.25, 0.3) is 0 Å². The van der Waals surface area contributed by atoms with Crippen LogP contribution in [-0.2, 0) is 6.54 Å². The van der Waals surface area contributed by atoms with Crippen molar-refractivity contribution in [2.24, 2.45) is 0 Å². The number of rotatable bonds is 7. The Balaban J connectivity index is 1.92. The number of anilines is 1.